The molecule has 0 aromatic heterocycles. The Morgan fingerprint density at radius 2 is 1.75 bits per heavy atom. The summed E-state index contributed by atoms with van der Waals surface area (Å²) in [5.41, 5.74) is -7.59. The van der Waals surface area contributed by atoms with E-state index in [4.69, 9.17) is 14.2 Å². The van der Waals surface area contributed by atoms with Crippen LogP contribution in [0.4, 0.5) is 18.0 Å². The van der Waals surface area contributed by atoms with Gasteiger partial charge in [0.25, 0.3) is 0 Å². The average molecular weight is 571 g/mol. The van der Waals surface area contributed by atoms with Gasteiger partial charge in [0.1, 0.15) is 12.3 Å². The number of esters is 1. The number of halogens is 3. The summed E-state index contributed by atoms with van der Waals surface area (Å²) in [7, 11) is 0. The molecule has 0 spiro atoms. The number of aliphatic hydroxyl groups is 1. The van der Waals surface area contributed by atoms with Crippen LogP contribution < -0.4 is 0 Å². The van der Waals surface area contributed by atoms with E-state index in [1.54, 1.807) is 13.8 Å². The van der Waals surface area contributed by atoms with Gasteiger partial charge in [-0.25, -0.2) is 22.8 Å². The fourth-order valence-electron chi connectivity index (χ4n) is 8.68. The van der Waals surface area contributed by atoms with Crippen molar-refractivity contribution in [2.24, 2.45) is 40.4 Å². The van der Waals surface area contributed by atoms with Crippen molar-refractivity contribution in [2.75, 3.05) is 6.86 Å². The van der Waals surface area contributed by atoms with Crippen molar-refractivity contribution in [3.63, 3.8) is 0 Å². The lowest BCUT2D eigenvalue weighted by Gasteiger charge is -2.62. The van der Waals surface area contributed by atoms with Crippen LogP contribution in [0.1, 0.15) is 67.7 Å². The van der Waals surface area contributed by atoms with Gasteiger partial charge in [0.15, 0.2) is 11.5 Å². The maximum atomic E-state index is 17.5. The van der Waals surface area contributed by atoms with Gasteiger partial charge in [0, 0.05) is 22.7 Å². The summed E-state index contributed by atoms with van der Waals surface area (Å²) in [6.07, 6.45) is -2.08. The summed E-state index contributed by atoms with van der Waals surface area (Å²) >= 11 is 0. The van der Waals surface area contributed by atoms with Crippen LogP contribution in [-0.2, 0) is 23.8 Å². The first-order valence-electron chi connectivity index (χ1n) is 14.1. The van der Waals surface area contributed by atoms with E-state index in [0.717, 1.165) is 6.08 Å². The molecule has 0 radical (unpaired) electrons. The molecule has 0 saturated heterocycles. The van der Waals surface area contributed by atoms with Crippen LogP contribution in [0.2, 0.25) is 0 Å². The summed E-state index contributed by atoms with van der Waals surface area (Å²) in [4.78, 5) is 38.9. The molecule has 0 heterocycles. The van der Waals surface area contributed by atoms with Crippen molar-refractivity contribution in [1.29, 1.82) is 0 Å². The Balaban J connectivity index is 1.80. The molecule has 4 aliphatic carbocycles. The summed E-state index contributed by atoms with van der Waals surface area (Å²) < 4.78 is 62.9. The monoisotopic (exact) mass is 570 g/mol. The van der Waals surface area contributed by atoms with Gasteiger partial charge in [-0.1, -0.05) is 47.6 Å². The molecular weight excluding hydrogens is 529 g/mol. The number of carbonyl (C=O) groups excluding carboxylic acids is 3. The average Bonchev–Trinajstić information content (AvgIpc) is 3.07. The molecule has 0 amide bonds. The Bertz CT molecular complexity index is 1110. The molecule has 0 aromatic rings. The first-order chi connectivity index (χ1) is 18.5. The Labute approximate surface area is 233 Å². The van der Waals surface area contributed by atoms with Gasteiger partial charge in [-0.15, -0.1) is 0 Å². The van der Waals surface area contributed by atoms with E-state index in [2.05, 4.69) is 0 Å². The molecular formula is C30H41F3O7. The van der Waals surface area contributed by atoms with Gasteiger partial charge >= 0.3 is 12.1 Å². The molecule has 10 heteroatoms. The van der Waals surface area contributed by atoms with Gasteiger partial charge < -0.3 is 19.3 Å². The van der Waals surface area contributed by atoms with Crippen LogP contribution in [0.3, 0.4) is 0 Å². The third-order valence-electron chi connectivity index (χ3n) is 10.4. The quantitative estimate of drug-likeness (QED) is 0.416. The summed E-state index contributed by atoms with van der Waals surface area (Å²) in [6.45, 7) is 10.7. The first kappa shape index (κ1) is 30.6. The number of fused-ring (bicyclic) bond motifs is 5. The molecule has 1 unspecified atom stereocenters. The second-order valence-corrected chi connectivity index (χ2v) is 13.2. The minimum atomic E-state index is -2.39. The number of rotatable bonds is 6. The normalized spacial score (nSPS) is 42.3. The fourth-order valence-corrected chi connectivity index (χ4v) is 8.68. The molecule has 4 aliphatic rings. The Morgan fingerprint density at radius 3 is 2.33 bits per heavy atom. The largest absolute Gasteiger partial charge is 0.509 e. The van der Waals surface area contributed by atoms with E-state index >= 15 is 8.78 Å². The van der Waals surface area contributed by atoms with E-state index in [9.17, 15) is 23.9 Å². The van der Waals surface area contributed by atoms with E-state index in [1.165, 1.54) is 19.1 Å². The lowest BCUT2D eigenvalue weighted by Crippen LogP contribution is -2.71. The molecule has 0 aromatic carbocycles. The van der Waals surface area contributed by atoms with Crippen molar-refractivity contribution in [2.45, 2.75) is 97.4 Å². The van der Waals surface area contributed by atoms with Crippen LogP contribution in [0.5, 0.6) is 0 Å². The molecule has 0 aliphatic heterocycles. The van der Waals surface area contributed by atoms with Crippen molar-refractivity contribution in [3.8, 4) is 0 Å². The van der Waals surface area contributed by atoms with Crippen LogP contribution in [0, 0.1) is 40.4 Å². The van der Waals surface area contributed by atoms with Gasteiger partial charge in [0.2, 0.25) is 12.5 Å². The Hall–Kier alpha value is -2.36. The summed E-state index contributed by atoms with van der Waals surface area (Å²) in [6, 6.07) is 0. The van der Waals surface area contributed by atoms with Crippen molar-refractivity contribution in [1.82, 2.24) is 0 Å². The second-order valence-electron chi connectivity index (χ2n) is 13.2. The number of alkyl halides is 3. The summed E-state index contributed by atoms with van der Waals surface area (Å²) in [5, 5.41) is 11.5. The molecule has 224 valence electrons. The number of ketones is 1. The molecule has 40 heavy (non-hydrogen) atoms. The lowest BCUT2D eigenvalue weighted by molar-refractivity contribution is -0.236. The highest BCUT2D eigenvalue weighted by molar-refractivity contribution is 6.01. The van der Waals surface area contributed by atoms with Crippen LogP contribution in [0.25, 0.3) is 0 Å². The van der Waals surface area contributed by atoms with E-state index in [1.807, 2.05) is 27.7 Å². The van der Waals surface area contributed by atoms with Crippen molar-refractivity contribution < 1.29 is 46.9 Å². The van der Waals surface area contributed by atoms with Crippen molar-refractivity contribution in [3.05, 3.63) is 23.8 Å². The maximum absolute atomic E-state index is 17.5. The maximum Gasteiger partial charge on any atom is 0.509 e. The molecule has 4 rings (SSSR count). The zero-order valence-corrected chi connectivity index (χ0v) is 24.2. The zero-order valence-electron chi connectivity index (χ0n) is 24.2. The van der Waals surface area contributed by atoms with Crippen LogP contribution in [0.15, 0.2) is 23.8 Å². The topological polar surface area (TPSA) is 99.1 Å². The van der Waals surface area contributed by atoms with E-state index in [0.29, 0.717) is 0 Å². The second kappa shape index (κ2) is 10.2. The highest BCUT2D eigenvalue weighted by atomic mass is 19.1. The predicted molar refractivity (Wildman–Crippen MR) is 139 cm³/mol. The number of hydrogen-bond donors (Lipinski definition) is 1. The molecule has 9 atom stereocenters. The predicted octanol–water partition coefficient (Wildman–Crippen LogP) is 5.59. The standard InChI is InChI=1S/C30H41F3O7/c1-15(2)24(16(3)4)39-26(37)40-30(25(36)38-14-31)17(5)10-19-20-12-22(32)21-11-18(34)8-9-27(21,6)29(20,33)23(35)13-28(19,30)7/h8-9,11,15-17,19-20,22-24,35H,10,12-14H2,1-7H3/t17-,19+,20+,22+,23+,27+,28+,29+,30?/m1/s1. The van der Waals surface area contributed by atoms with Crippen LogP contribution >= 0.6 is 0 Å². The molecule has 3 fully saturated rings. The SMILES string of the molecule is CC(C)C(OC(=O)OC1(C(=O)OCF)[C@H](C)C[C@H]2[C@@H]3C[C@H](F)C4=CC(=O)C=C[C@]4(C)[C@@]3(F)[C@@H](O)C[C@@]21C)C(C)C. The number of aliphatic hydroxyl groups excluding tert-OH is 1. The van der Waals surface area contributed by atoms with Gasteiger partial charge in [0.05, 0.1) is 6.10 Å². The third kappa shape index (κ3) is 4.06. The Morgan fingerprint density at radius 1 is 1.12 bits per heavy atom. The smallest absolute Gasteiger partial charge is 0.431 e. The van der Waals surface area contributed by atoms with Gasteiger partial charge in [-0.3, -0.25) is 4.79 Å². The van der Waals surface area contributed by atoms with E-state index in [-0.39, 0.29) is 36.7 Å². The minimum Gasteiger partial charge on any atom is -0.431 e. The third-order valence-corrected chi connectivity index (χ3v) is 10.4. The highest BCUT2D eigenvalue weighted by Crippen LogP contribution is 2.71. The number of allylic oxidation sites excluding steroid dienone is 4. The minimum absolute atomic E-state index is 0.0243. The van der Waals surface area contributed by atoms with Gasteiger partial charge in [-0.05, 0) is 61.7 Å². The number of ether oxygens (including phenoxy) is 3. The molecule has 1 N–H and O–H groups in total. The Kier molecular flexibility index (Phi) is 7.78. The fraction of sp³-hybridized carbons (Fsp3) is 0.767. The van der Waals surface area contributed by atoms with Crippen LogP contribution in [-0.4, -0.2) is 59.5 Å². The summed E-state index contributed by atoms with van der Waals surface area (Å²) in [5.74, 6) is -4.43. The first-order valence-corrected chi connectivity index (χ1v) is 14.1. The molecule has 3 saturated carbocycles. The highest BCUT2D eigenvalue weighted by Gasteiger charge is 2.79. The molecule has 7 nitrogen and oxygen atoms in total. The molecule has 0 bridgehead atoms. The lowest BCUT2D eigenvalue weighted by atomic mass is 9.44. The van der Waals surface area contributed by atoms with Gasteiger partial charge in [-0.2, -0.15) is 0 Å². The van der Waals surface area contributed by atoms with E-state index < -0.39 is 83.0 Å². The van der Waals surface area contributed by atoms with Crippen molar-refractivity contribution >= 4 is 17.9 Å². The zero-order chi connectivity index (χ0) is 30.0. The number of hydrogen-bond acceptors (Lipinski definition) is 7. The number of carbonyl (C=O) groups is 3.